The first kappa shape index (κ1) is 28.8. The molecule has 1 aliphatic carbocycles. The number of benzene rings is 2. The molecule has 3 unspecified atom stereocenters. The molecule has 1 saturated carbocycles. The predicted octanol–water partition coefficient (Wildman–Crippen LogP) is 6.56. The Morgan fingerprint density at radius 2 is 1.85 bits per heavy atom. The highest BCUT2D eigenvalue weighted by Crippen LogP contribution is 2.38. The highest BCUT2D eigenvalue weighted by atomic mass is 35.5. The maximum atomic E-state index is 13.2. The van der Waals surface area contributed by atoms with E-state index in [1.165, 1.54) is 16.5 Å². The summed E-state index contributed by atoms with van der Waals surface area (Å²) in [4.78, 5) is 31.0. The highest BCUT2D eigenvalue weighted by Gasteiger charge is 2.40. The summed E-state index contributed by atoms with van der Waals surface area (Å²) in [5.74, 6) is -0.174. The van der Waals surface area contributed by atoms with Crippen LogP contribution in [-0.4, -0.2) is 51.7 Å². The number of fused-ring (bicyclic) bond motifs is 1. The van der Waals surface area contributed by atoms with E-state index in [1.807, 2.05) is 11.0 Å². The summed E-state index contributed by atoms with van der Waals surface area (Å²) >= 11 is 11.3. The zero-order chi connectivity index (χ0) is 28.4. The number of carboxylic acid groups (broad SMARTS) is 1. The van der Waals surface area contributed by atoms with E-state index in [9.17, 15) is 14.7 Å². The number of amides is 2. The topological polar surface area (TPSA) is 97.5 Å². The van der Waals surface area contributed by atoms with Gasteiger partial charge in [-0.05, 0) is 80.0 Å². The van der Waals surface area contributed by atoms with Crippen molar-refractivity contribution in [1.82, 2.24) is 15.2 Å². The Balaban J connectivity index is 1.20. The van der Waals surface area contributed by atoms with Crippen LogP contribution in [-0.2, 0) is 4.79 Å². The number of carboxylic acids is 1. The minimum Gasteiger partial charge on any atom is -0.480 e. The summed E-state index contributed by atoms with van der Waals surface area (Å²) in [5.41, 5.74) is 3.14. The SMILES string of the molecule is CC(C)C1CC(C(NC2CCC(c3c[nH]c4ccccc34)CC2)C(=O)O)CCN1C(=O)Nc1ccc([ClH+])c(Cl)c1. The lowest BCUT2D eigenvalue weighted by atomic mass is 9.79. The van der Waals surface area contributed by atoms with Crippen LogP contribution in [0, 0.1) is 23.4 Å². The summed E-state index contributed by atoms with van der Waals surface area (Å²) < 4.78 is 0. The van der Waals surface area contributed by atoms with Gasteiger partial charge in [0.05, 0.1) is 0 Å². The number of nitrogens with one attached hydrogen (secondary N) is 3. The zero-order valence-corrected chi connectivity index (χ0v) is 24.6. The number of hydrogen-bond acceptors (Lipinski definition) is 3. The normalized spacial score (nSPS) is 24.3. The van der Waals surface area contributed by atoms with Crippen LogP contribution in [0.5, 0.6) is 0 Å². The van der Waals surface area contributed by atoms with Gasteiger partial charge in [0, 0.05) is 47.5 Å². The van der Waals surface area contributed by atoms with Gasteiger partial charge in [-0.15, -0.1) is 0 Å². The second-order valence-corrected chi connectivity index (χ2v) is 12.5. The van der Waals surface area contributed by atoms with Crippen LogP contribution >= 0.6 is 11.6 Å². The maximum Gasteiger partial charge on any atom is 0.322 e. The number of halogens is 2. The maximum absolute atomic E-state index is 13.2. The van der Waals surface area contributed by atoms with Gasteiger partial charge >= 0.3 is 12.0 Å². The number of aliphatic carboxylic acids is 1. The summed E-state index contributed by atoms with van der Waals surface area (Å²) in [6.45, 7) is 4.68. The van der Waals surface area contributed by atoms with Crippen molar-refractivity contribution < 1.29 is 26.3 Å². The molecule has 5 rings (SSSR count). The van der Waals surface area contributed by atoms with E-state index >= 15 is 0 Å². The van der Waals surface area contributed by atoms with Crippen LogP contribution in [0.3, 0.4) is 0 Å². The lowest BCUT2D eigenvalue weighted by Gasteiger charge is -2.44. The van der Waals surface area contributed by atoms with E-state index in [4.69, 9.17) is 23.2 Å². The van der Waals surface area contributed by atoms with Crippen molar-refractivity contribution in [2.75, 3.05) is 11.9 Å². The number of aromatic amines is 1. The lowest BCUT2D eigenvalue weighted by Crippen LogP contribution is -2.56. The molecule has 3 aromatic rings. The molecule has 7 nitrogen and oxygen atoms in total. The third-order valence-corrected chi connectivity index (χ3v) is 9.62. The summed E-state index contributed by atoms with van der Waals surface area (Å²) in [5, 5.41) is 19.0. The number of urea groups is 1. The second-order valence-electron chi connectivity index (χ2n) is 11.7. The smallest absolute Gasteiger partial charge is 0.322 e. The fraction of sp³-hybridized carbons (Fsp3) is 0.484. The molecule has 2 heterocycles. The Morgan fingerprint density at radius 3 is 2.55 bits per heavy atom. The van der Waals surface area contributed by atoms with Crippen molar-refractivity contribution in [3.8, 4) is 0 Å². The van der Waals surface area contributed by atoms with E-state index in [-0.39, 0.29) is 30.0 Å². The average Bonchev–Trinajstić information content (AvgIpc) is 3.38. The van der Waals surface area contributed by atoms with Crippen LogP contribution in [0.4, 0.5) is 10.5 Å². The second kappa shape index (κ2) is 12.4. The van der Waals surface area contributed by atoms with E-state index < -0.39 is 12.0 Å². The van der Waals surface area contributed by atoms with Crippen molar-refractivity contribution in [2.45, 2.75) is 76.4 Å². The molecule has 2 amide bonds. The molecule has 1 aliphatic heterocycles. The van der Waals surface area contributed by atoms with E-state index in [0.717, 1.165) is 25.7 Å². The quantitative estimate of drug-likeness (QED) is 0.252. The molecule has 40 heavy (non-hydrogen) atoms. The largest absolute Gasteiger partial charge is 0.480 e. The standard InChI is InChI=1S/C31H38Cl2N4O3/c1-18(2)28-15-20(13-14-37(28)31(40)36-22-11-12-25(32)26(33)16-22)29(30(38)39)35-21-9-7-19(8-10-21)24-17-34-27-6-4-3-5-23(24)27/h3-6,11-12,16-21,28-29,32,34-35H,7-10,13-15H2,1-2H3,(H-,36,38,39,40)/p+1. The van der Waals surface area contributed by atoms with Gasteiger partial charge in [-0.1, -0.05) is 43.6 Å². The number of para-hydroxylation sites is 1. The number of carbonyl (C=O) groups excluding carboxylic acids is 1. The number of aromatic nitrogens is 1. The number of likely N-dealkylation sites (tertiary alicyclic amines) is 1. The van der Waals surface area contributed by atoms with Crippen LogP contribution < -0.4 is 10.6 Å². The fourth-order valence-electron chi connectivity index (χ4n) is 6.65. The number of carbonyl (C=O) groups is 2. The van der Waals surface area contributed by atoms with E-state index in [2.05, 4.69) is 53.9 Å². The molecule has 1 saturated heterocycles. The Morgan fingerprint density at radius 1 is 1.10 bits per heavy atom. The minimum atomic E-state index is -0.803. The van der Waals surface area contributed by atoms with Gasteiger partial charge in [0.2, 0.25) is 5.02 Å². The van der Waals surface area contributed by atoms with Crippen LogP contribution in [0.1, 0.15) is 63.9 Å². The van der Waals surface area contributed by atoms with Gasteiger partial charge in [-0.2, -0.15) is 0 Å². The molecule has 2 aromatic carbocycles. The van der Waals surface area contributed by atoms with Crippen molar-refractivity contribution in [3.05, 3.63) is 64.3 Å². The molecule has 9 heteroatoms. The van der Waals surface area contributed by atoms with Crippen molar-refractivity contribution in [2.24, 2.45) is 11.8 Å². The summed E-state index contributed by atoms with van der Waals surface area (Å²) in [6, 6.07) is 12.8. The molecular formula is C31H39Cl2N4O3+. The Hall–Kier alpha value is -2.74. The van der Waals surface area contributed by atoms with Gasteiger partial charge < -0.3 is 25.6 Å². The van der Waals surface area contributed by atoms with Gasteiger partial charge in [0.1, 0.15) is 11.1 Å². The number of nitrogens with zero attached hydrogens (tertiary/aromatic N) is 1. The van der Waals surface area contributed by atoms with Crippen molar-refractivity contribution in [3.63, 3.8) is 0 Å². The lowest BCUT2D eigenvalue weighted by molar-refractivity contribution is -0.288. The minimum absolute atomic E-state index is 0.0470. The first-order valence-electron chi connectivity index (χ1n) is 14.3. The van der Waals surface area contributed by atoms with Crippen LogP contribution in [0.15, 0.2) is 48.7 Å². The Labute approximate surface area is 245 Å². The first-order valence-corrected chi connectivity index (χ1v) is 15.1. The van der Waals surface area contributed by atoms with Gasteiger partial charge in [-0.3, -0.25) is 4.79 Å². The van der Waals surface area contributed by atoms with Crippen LogP contribution in [0.25, 0.3) is 10.9 Å². The molecule has 214 valence electrons. The molecule has 2 fully saturated rings. The summed E-state index contributed by atoms with van der Waals surface area (Å²) in [6.07, 6.45) is 7.40. The molecule has 1 aromatic heterocycles. The summed E-state index contributed by atoms with van der Waals surface area (Å²) in [7, 11) is 0. The Kier molecular flexibility index (Phi) is 8.93. The first-order chi connectivity index (χ1) is 19.2. The monoisotopic (exact) mass is 585 g/mol. The van der Waals surface area contributed by atoms with Crippen molar-refractivity contribution >= 4 is 40.2 Å². The number of rotatable bonds is 7. The molecule has 3 atom stereocenters. The fourth-order valence-corrected chi connectivity index (χ4v) is 6.96. The van der Waals surface area contributed by atoms with Crippen LogP contribution in [0.2, 0.25) is 10.0 Å². The molecule has 0 spiro atoms. The third-order valence-electron chi connectivity index (χ3n) is 8.84. The molecule has 4 N–H and O–H groups in total. The van der Waals surface area contributed by atoms with E-state index in [0.29, 0.717) is 41.0 Å². The molecular weight excluding hydrogens is 547 g/mol. The van der Waals surface area contributed by atoms with Crippen molar-refractivity contribution in [1.29, 1.82) is 0 Å². The number of piperidine rings is 1. The number of hydrogen-bond donors (Lipinski definition) is 4. The molecule has 0 bridgehead atoms. The van der Waals surface area contributed by atoms with Gasteiger partial charge in [0.25, 0.3) is 0 Å². The van der Waals surface area contributed by atoms with E-state index in [1.54, 1.807) is 18.2 Å². The molecule has 2 aliphatic rings. The average molecular weight is 587 g/mol. The predicted molar refractivity (Wildman–Crippen MR) is 157 cm³/mol. The Bertz CT molecular complexity index is 1350. The zero-order valence-electron chi connectivity index (χ0n) is 23.0. The van der Waals surface area contributed by atoms with Gasteiger partial charge in [-0.25, -0.2) is 4.79 Å². The molecule has 0 radical (unpaired) electrons. The number of H-pyrrole nitrogens is 1. The van der Waals surface area contributed by atoms with Gasteiger partial charge in [0.15, 0.2) is 11.6 Å². The number of anilines is 1. The highest BCUT2D eigenvalue weighted by molar-refractivity contribution is 6.31. The third kappa shape index (κ3) is 6.27.